The van der Waals surface area contributed by atoms with Crippen molar-refractivity contribution >= 4 is 23.5 Å². The zero-order chi connectivity index (χ0) is 21.8. The molecule has 0 bridgehead atoms. The van der Waals surface area contributed by atoms with Crippen LogP contribution in [0.25, 0.3) is 0 Å². The predicted octanol–water partition coefficient (Wildman–Crippen LogP) is 4.52. The third-order valence-electron chi connectivity index (χ3n) is 4.36. The van der Waals surface area contributed by atoms with Crippen molar-refractivity contribution in [2.24, 2.45) is 5.92 Å². The molecule has 6 nitrogen and oxygen atoms in total. The van der Waals surface area contributed by atoms with Crippen LogP contribution in [0.15, 0.2) is 60.5 Å². The van der Waals surface area contributed by atoms with E-state index in [-0.39, 0.29) is 18.1 Å². The topological polar surface area (TPSA) is 91.7 Å². The number of nitrogens with one attached hydrogen (secondary N) is 1. The zero-order valence-corrected chi connectivity index (χ0v) is 17.9. The minimum absolute atomic E-state index is 0.0469. The number of carboxylic acids is 1. The van der Waals surface area contributed by atoms with Gasteiger partial charge in [-0.1, -0.05) is 30.9 Å². The molecule has 0 aliphatic rings. The number of phenolic OH excluding ortho intramolecular Hbond substituents is 1. The van der Waals surface area contributed by atoms with Crippen molar-refractivity contribution in [3.05, 3.63) is 71.8 Å². The van der Waals surface area contributed by atoms with Crippen molar-refractivity contribution in [2.45, 2.75) is 19.3 Å². The van der Waals surface area contributed by atoms with Crippen LogP contribution in [0.4, 0.5) is 5.82 Å². The minimum Gasteiger partial charge on any atom is -0.508 e. The van der Waals surface area contributed by atoms with Crippen molar-refractivity contribution < 1.29 is 19.7 Å². The lowest BCUT2D eigenvalue weighted by Crippen LogP contribution is -2.13. The van der Waals surface area contributed by atoms with E-state index in [9.17, 15) is 9.90 Å². The Morgan fingerprint density at radius 1 is 1.37 bits per heavy atom. The average Bonchev–Trinajstić information content (AvgIpc) is 2.72. The maximum atomic E-state index is 11.2. The van der Waals surface area contributed by atoms with Gasteiger partial charge in [0.25, 0.3) is 0 Å². The van der Waals surface area contributed by atoms with Crippen molar-refractivity contribution in [1.29, 1.82) is 0 Å². The Balaban J connectivity index is 1.92. The van der Waals surface area contributed by atoms with Gasteiger partial charge < -0.3 is 20.3 Å². The third kappa shape index (κ3) is 8.21. The first-order valence-corrected chi connectivity index (χ1v) is 10.8. The third-order valence-corrected chi connectivity index (χ3v) is 5.37. The van der Waals surface area contributed by atoms with E-state index in [0.717, 1.165) is 11.5 Å². The van der Waals surface area contributed by atoms with Crippen LogP contribution < -0.4 is 10.1 Å². The number of allylic oxidation sites excluding steroid dienone is 2. The van der Waals surface area contributed by atoms with Gasteiger partial charge >= 0.3 is 5.97 Å². The van der Waals surface area contributed by atoms with Crippen molar-refractivity contribution in [3.8, 4) is 11.5 Å². The second-order valence-corrected chi connectivity index (χ2v) is 7.66. The lowest BCUT2D eigenvalue weighted by molar-refractivity contribution is -0.137. The Labute approximate surface area is 181 Å². The number of nitrogens with zero attached hydrogens (tertiary/aromatic N) is 1. The summed E-state index contributed by atoms with van der Waals surface area (Å²) in [5.74, 6) is 1.20. The van der Waals surface area contributed by atoms with Crippen LogP contribution in [-0.4, -0.2) is 40.6 Å². The molecule has 0 saturated carbocycles. The molecular weight excluding hydrogens is 400 g/mol. The average molecular weight is 429 g/mol. The molecule has 1 unspecified atom stereocenters. The summed E-state index contributed by atoms with van der Waals surface area (Å²) in [4.78, 5) is 15.6. The van der Waals surface area contributed by atoms with Gasteiger partial charge in [-0.3, -0.25) is 4.79 Å². The predicted molar refractivity (Wildman–Crippen MR) is 122 cm³/mol. The Hall–Kier alpha value is -2.93. The standard InChI is InChI=1S/C23H28N2O4S/c1-3-4-12-30-16-17(14-23(27)28)13-18-8-9-20(15-21(18)26)29-11-10-19-6-5-7-22(24-2)25-19/h3-9,12,15,17,26H,1,10-11,13-14,16H2,2H3,(H,24,25)(H,27,28)/b12-4-. The van der Waals surface area contributed by atoms with E-state index in [0.29, 0.717) is 36.5 Å². The van der Waals surface area contributed by atoms with Gasteiger partial charge in [-0.25, -0.2) is 4.98 Å². The van der Waals surface area contributed by atoms with Crippen LogP contribution in [0.1, 0.15) is 17.7 Å². The smallest absolute Gasteiger partial charge is 0.303 e. The number of carboxylic acid groups (broad SMARTS) is 1. The van der Waals surface area contributed by atoms with Gasteiger partial charge in [0.2, 0.25) is 0 Å². The second kappa shape index (κ2) is 12.6. The summed E-state index contributed by atoms with van der Waals surface area (Å²) in [7, 11) is 1.82. The Morgan fingerprint density at radius 3 is 2.90 bits per heavy atom. The van der Waals surface area contributed by atoms with Crippen molar-refractivity contribution in [2.75, 3.05) is 24.7 Å². The fourth-order valence-corrected chi connectivity index (χ4v) is 3.73. The number of hydrogen-bond acceptors (Lipinski definition) is 6. The number of hydrogen-bond donors (Lipinski definition) is 3. The molecule has 0 fully saturated rings. The maximum absolute atomic E-state index is 11.2. The number of aliphatic carboxylic acids is 1. The van der Waals surface area contributed by atoms with E-state index in [4.69, 9.17) is 9.84 Å². The van der Waals surface area contributed by atoms with Crippen LogP contribution in [-0.2, 0) is 17.6 Å². The summed E-state index contributed by atoms with van der Waals surface area (Å²) in [6.07, 6.45) is 4.67. The summed E-state index contributed by atoms with van der Waals surface area (Å²) in [5, 5.41) is 24.4. The molecule has 1 aromatic heterocycles. The molecule has 0 aliphatic heterocycles. The van der Waals surface area contributed by atoms with Crippen LogP contribution in [0.5, 0.6) is 11.5 Å². The molecule has 3 N–H and O–H groups in total. The van der Waals surface area contributed by atoms with E-state index < -0.39 is 5.97 Å². The lowest BCUT2D eigenvalue weighted by atomic mass is 9.97. The van der Waals surface area contributed by atoms with E-state index >= 15 is 0 Å². The monoisotopic (exact) mass is 428 g/mol. The molecule has 7 heteroatoms. The highest BCUT2D eigenvalue weighted by Crippen LogP contribution is 2.28. The highest BCUT2D eigenvalue weighted by atomic mass is 32.2. The Morgan fingerprint density at radius 2 is 2.20 bits per heavy atom. The molecular formula is C23H28N2O4S. The van der Waals surface area contributed by atoms with Gasteiger partial charge in [0, 0.05) is 37.4 Å². The molecule has 0 aliphatic carbocycles. The number of aromatic hydroxyl groups is 1. The van der Waals surface area contributed by atoms with Gasteiger partial charge in [0.1, 0.15) is 17.3 Å². The van der Waals surface area contributed by atoms with Gasteiger partial charge in [-0.2, -0.15) is 0 Å². The van der Waals surface area contributed by atoms with Crippen LogP contribution >= 0.6 is 11.8 Å². The van der Waals surface area contributed by atoms with Gasteiger partial charge in [0.05, 0.1) is 6.61 Å². The van der Waals surface area contributed by atoms with E-state index in [1.165, 1.54) is 11.8 Å². The molecule has 0 amide bonds. The number of ether oxygens (including phenoxy) is 1. The summed E-state index contributed by atoms with van der Waals surface area (Å²) in [6.45, 7) is 4.05. The number of pyridine rings is 1. The van der Waals surface area contributed by atoms with Gasteiger partial charge in [0.15, 0.2) is 0 Å². The molecule has 2 rings (SSSR count). The first-order valence-electron chi connectivity index (χ1n) is 9.71. The molecule has 0 radical (unpaired) electrons. The molecule has 160 valence electrons. The lowest BCUT2D eigenvalue weighted by Gasteiger charge is -2.15. The van der Waals surface area contributed by atoms with E-state index in [1.807, 2.05) is 36.7 Å². The highest BCUT2D eigenvalue weighted by molar-refractivity contribution is 8.02. The number of aromatic nitrogens is 1. The first-order chi connectivity index (χ1) is 14.5. The number of rotatable bonds is 13. The van der Waals surface area contributed by atoms with E-state index in [1.54, 1.807) is 24.3 Å². The minimum atomic E-state index is -0.844. The largest absolute Gasteiger partial charge is 0.508 e. The number of anilines is 1. The van der Waals surface area contributed by atoms with Gasteiger partial charge in [-0.15, -0.1) is 11.8 Å². The normalized spacial score (nSPS) is 11.9. The molecule has 1 aromatic carbocycles. The maximum Gasteiger partial charge on any atom is 0.303 e. The summed E-state index contributed by atoms with van der Waals surface area (Å²) in [6, 6.07) is 10.9. The quantitative estimate of drug-likeness (QED) is 0.404. The molecule has 1 atom stereocenters. The molecule has 30 heavy (non-hydrogen) atoms. The molecule has 0 saturated heterocycles. The van der Waals surface area contributed by atoms with Crippen molar-refractivity contribution in [3.63, 3.8) is 0 Å². The number of phenols is 1. The zero-order valence-electron chi connectivity index (χ0n) is 17.1. The fraction of sp³-hybridized carbons (Fsp3) is 0.304. The first kappa shape index (κ1) is 23.3. The Kier molecular flexibility index (Phi) is 9.80. The summed E-state index contributed by atoms with van der Waals surface area (Å²) in [5.41, 5.74) is 1.63. The summed E-state index contributed by atoms with van der Waals surface area (Å²) >= 11 is 1.54. The van der Waals surface area contributed by atoms with E-state index in [2.05, 4.69) is 16.9 Å². The Bertz CT molecular complexity index is 870. The molecule has 0 spiro atoms. The number of carbonyl (C=O) groups is 1. The number of benzene rings is 1. The summed E-state index contributed by atoms with van der Waals surface area (Å²) < 4.78 is 5.74. The van der Waals surface area contributed by atoms with Crippen molar-refractivity contribution in [1.82, 2.24) is 4.98 Å². The number of thioether (sulfide) groups is 1. The van der Waals surface area contributed by atoms with Crippen LogP contribution in [0.3, 0.4) is 0 Å². The molecule has 1 heterocycles. The van der Waals surface area contributed by atoms with Crippen LogP contribution in [0, 0.1) is 5.92 Å². The highest BCUT2D eigenvalue weighted by Gasteiger charge is 2.16. The SMILES string of the molecule is C=C/C=C\SCC(CC(=O)O)Cc1ccc(OCCc2cccc(NC)n2)cc1O. The second-order valence-electron chi connectivity index (χ2n) is 6.72. The molecule has 2 aromatic rings. The van der Waals surface area contributed by atoms with Crippen LogP contribution in [0.2, 0.25) is 0 Å². The van der Waals surface area contributed by atoms with Gasteiger partial charge in [-0.05, 0) is 41.5 Å². The fourth-order valence-electron chi connectivity index (χ4n) is 2.89.